The van der Waals surface area contributed by atoms with E-state index in [1.54, 1.807) is 7.11 Å². The largest absolute Gasteiger partial charge is 0.497 e. The lowest BCUT2D eigenvalue weighted by Crippen LogP contribution is -2.23. The lowest BCUT2D eigenvalue weighted by molar-refractivity contribution is -0.145. The highest BCUT2D eigenvalue weighted by atomic mass is 16.7. The predicted octanol–water partition coefficient (Wildman–Crippen LogP) is 4.38. The average Bonchev–Trinajstić information content (AvgIpc) is 3.43. The smallest absolute Gasteiger partial charge is 0.339 e. The number of benzene rings is 2. The van der Waals surface area contributed by atoms with Crippen LogP contribution in [0.3, 0.4) is 0 Å². The molecule has 0 amide bonds. The quantitative estimate of drug-likeness (QED) is 0.401. The number of epoxide rings is 1. The molecule has 2 aromatic carbocycles. The number of rotatable bonds is 8. The van der Waals surface area contributed by atoms with E-state index in [1.807, 2.05) is 55.5 Å². The number of hydrogen-bond donors (Lipinski definition) is 0. The van der Waals surface area contributed by atoms with Crippen LogP contribution in [0.2, 0.25) is 0 Å². The van der Waals surface area contributed by atoms with Crippen LogP contribution in [-0.2, 0) is 19.9 Å². The van der Waals surface area contributed by atoms with Gasteiger partial charge in [-0.3, -0.25) is 0 Å². The summed E-state index contributed by atoms with van der Waals surface area (Å²) >= 11 is 0. The maximum atomic E-state index is 12.5. The van der Waals surface area contributed by atoms with Crippen LogP contribution in [0.1, 0.15) is 42.9 Å². The van der Waals surface area contributed by atoms with Crippen molar-refractivity contribution in [3.8, 4) is 5.75 Å². The Morgan fingerprint density at radius 2 is 1.65 bits per heavy atom. The van der Waals surface area contributed by atoms with E-state index in [0.717, 1.165) is 41.7 Å². The number of methoxy groups -OCH3 is 1. The van der Waals surface area contributed by atoms with Gasteiger partial charge in [0.2, 0.25) is 0 Å². The zero-order valence-electron chi connectivity index (χ0n) is 15.7. The van der Waals surface area contributed by atoms with Crippen LogP contribution < -0.4 is 4.74 Å². The summed E-state index contributed by atoms with van der Waals surface area (Å²) in [6.45, 7) is 4.61. The summed E-state index contributed by atoms with van der Waals surface area (Å²) in [4.78, 5) is 12.5. The fourth-order valence-electron chi connectivity index (χ4n) is 3.21. The number of aryl methyl sites for hydroxylation is 1. The van der Waals surface area contributed by atoms with Gasteiger partial charge < -0.3 is 14.2 Å². The van der Waals surface area contributed by atoms with Crippen LogP contribution in [0.15, 0.2) is 48.5 Å². The Morgan fingerprint density at radius 3 is 2.23 bits per heavy atom. The van der Waals surface area contributed by atoms with Gasteiger partial charge >= 0.3 is 5.97 Å². The molecular formula is C22H26O4. The third kappa shape index (κ3) is 3.61. The summed E-state index contributed by atoms with van der Waals surface area (Å²) in [7, 11) is 1.63. The van der Waals surface area contributed by atoms with Crippen molar-refractivity contribution in [3.05, 3.63) is 65.2 Å². The summed E-state index contributed by atoms with van der Waals surface area (Å²) < 4.78 is 16.7. The van der Waals surface area contributed by atoms with E-state index in [1.165, 1.54) is 0 Å². The van der Waals surface area contributed by atoms with E-state index in [9.17, 15) is 4.79 Å². The van der Waals surface area contributed by atoms with Crippen LogP contribution in [0.5, 0.6) is 5.75 Å². The molecule has 26 heavy (non-hydrogen) atoms. The fraction of sp³-hybridized carbons (Fsp3) is 0.409. The predicted molar refractivity (Wildman–Crippen MR) is 100 cm³/mol. The standard InChI is InChI=1S/C22H26O4/c1-4-5-6-15-25-21(23)20-22(26-20,17-9-7-16(2)8-10-17)18-11-13-19(24-3)14-12-18/h7-14,20H,4-6,15H2,1-3H3. The Kier molecular flexibility index (Phi) is 5.62. The third-order valence-electron chi connectivity index (χ3n) is 4.82. The maximum Gasteiger partial charge on any atom is 0.339 e. The Balaban J connectivity index is 1.84. The number of esters is 1. The van der Waals surface area contributed by atoms with Gasteiger partial charge in [-0.05, 0) is 36.6 Å². The van der Waals surface area contributed by atoms with Gasteiger partial charge in [-0.15, -0.1) is 0 Å². The van der Waals surface area contributed by atoms with Crippen molar-refractivity contribution in [2.24, 2.45) is 0 Å². The second-order valence-corrected chi connectivity index (χ2v) is 6.70. The molecule has 0 saturated carbocycles. The molecule has 1 heterocycles. The fourth-order valence-corrected chi connectivity index (χ4v) is 3.21. The van der Waals surface area contributed by atoms with Crippen molar-refractivity contribution in [3.63, 3.8) is 0 Å². The van der Waals surface area contributed by atoms with E-state index in [0.29, 0.717) is 6.61 Å². The van der Waals surface area contributed by atoms with Gasteiger partial charge in [0.15, 0.2) is 11.7 Å². The minimum absolute atomic E-state index is 0.294. The number of unbranched alkanes of at least 4 members (excludes halogenated alkanes) is 2. The van der Waals surface area contributed by atoms with Crippen LogP contribution in [0.4, 0.5) is 0 Å². The van der Waals surface area contributed by atoms with Crippen LogP contribution in [0.25, 0.3) is 0 Å². The van der Waals surface area contributed by atoms with Crippen LogP contribution >= 0.6 is 0 Å². The van der Waals surface area contributed by atoms with Crippen LogP contribution in [0, 0.1) is 6.92 Å². The lowest BCUT2D eigenvalue weighted by atomic mass is 9.87. The first-order chi connectivity index (χ1) is 12.6. The SMILES string of the molecule is CCCCCOC(=O)C1OC1(c1ccc(C)cc1)c1ccc(OC)cc1. The molecule has 1 saturated heterocycles. The van der Waals surface area contributed by atoms with Gasteiger partial charge in [0.1, 0.15) is 5.75 Å². The zero-order chi connectivity index (χ0) is 18.6. The second kappa shape index (κ2) is 7.92. The van der Waals surface area contributed by atoms with Crippen molar-refractivity contribution >= 4 is 5.97 Å². The molecule has 0 radical (unpaired) electrons. The molecule has 138 valence electrons. The monoisotopic (exact) mass is 354 g/mol. The minimum Gasteiger partial charge on any atom is -0.497 e. The minimum atomic E-state index is -0.776. The van der Waals surface area contributed by atoms with Gasteiger partial charge in [0.05, 0.1) is 13.7 Å². The van der Waals surface area contributed by atoms with Crippen molar-refractivity contribution < 1.29 is 19.0 Å². The van der Waals surface area contributed by atoms with Gasteiger partial charge in [0, 0.05) is 0 Å². The number of ether oxygens (including phenoxy) is 3. The average molecular weight is 354 g/mol. The summed E-state index contributed by atoms with van der Waals surface area (Å²) in [5.41, 5.74) is 2.28. The molecular weight excluding hydrogens is 328 g/mol. The first-order valence-corrected chi connectivity index (χ1v) is 9.18. The molecule has 0 bridgehead atoms. The Hall–Kier alpha value is -2.33. The molecule has 0 aromatic heterocycles. The maximum absolute atomic E-state index is 12.5. The topological polar surface area (TPSA) is 48.1 Å². The number of carbonyl (C=O) groups is 1. The molecule has 4 nitrogen and oxygen atoms in total. The second-order valence-electron chi connectivity index (χ2n) is 6.70. The van der Waals surface area contributed by atoms with Crippen LogP contribution in [-0.4, -0.2) is 25.8 Å². The first-order valence-electron chi connectivity index (χ1n) is 9.18. The highest BCUT2D eigenvalue weighted by Gasteiger charge is 2.64. The van der Waals surface area contributed by atoms with Crippen molar-refractivity contribution in [2.45, 2.75) is 44.8 Å². The third-order valence-corrected chi connectivity index (χ3v) is 4.82. The molecule has 2 aromatic rings. The molecule has 2 unspecified atom stereocenters. The summed E-state index contributed by atoms with van der Waals surface area (Å²) in [6, 6.07) is 15.8. The molecule has 2 atom stereocenters. The van der Waals surface area contributed by atoms with E-state index >= 15 is 0 Å². The molecule has 1 aliphatic rings. The molecule has 1 fully saturated rings. The normalized spacial score (nSPS) is 21.3. The van der Waals surface area contributed by atoms with Gasteiger partial charge in [-0.25, -0.2) is 4.79 Å². The number of carbonyl (C=O) groups excluding carboxylic acids is 1. The Morgan fingerprint density at radius 1 is 1.04 bits per heavy atom. The summed E-state index contributed by atoms with van der Waals surface area (Å²) in [5, 5.41) is 0. The molecule has 1 aliphatic heterocycles. The van der Waals surface area contributed by atoms with Crippen molar-refractivity contribution in [1.82, 2.24) is 0 Å². The van der Waals surface area contributed by atoms with Gasteiger partial charge in [-0.1, -0.05) is 61.7 Å². The Bertz CT molecular complexity index is 736. The van der Waals surface area contributed by atoms with E-state index in [2.05, 4.69) is 6.92 Å². The summed E-state index contributed by atoms with van der Waals surface area (Å²) in [5.74, 6) is 0.477. The first kappa shape index (κ1) is 18.5. The van der Waals surface area contributed by atoms with E-state index in [4.69, 9.17) is 14.2 Å². The van der Waals surface area contributed by atoms with E-state index in [-0.39, 0.29) is 5.97 Å². The van der Waals surface area contributed by atoms with E-state index < -0.39 is 11.7 Å². The zero-order valence-corrected chi connectivity index (χ0v) is 15.7. The molecule has 0 aliphatic carbocycles. The summed E-state index contributed by atoms with van der Waals surface area (Å²) in [6.07, 6.45) is 2.42. The molecule has 3 rings (SSSR count). The van der Waals surface area contributed by atoms with Gasteiger partial charge in [0.25, 0.3) is 0 Å². The highest BCUT2D eigenvalue weighted by Crippen LogP contribution is 2.52. The molecule has 0 spiro atoms. The lowest BCUT2D eigenvalue weighted by Gasteiger charge is -2.15. The molecule has 4 heteroatoms. The number of hydrogen-bond acceptors (Lipinski definition) is 4. The van der Waals surface area contributed by atoms with Crippen molar-refractivity contribution in [1.29, 1.82) is 0 Å². The Labute approximate surface area is 155 Å². The highest BCUT2D eigenvalue weighted by molar-refractivity contribution is 5.81. The van der Waals surface area contributed by atoms with Crippen molar-refractivity contribution in [2.75, 3.05) is 13.7 Å². The molecule has 0 N–H and O–H groups in total. The van der Waals surface area contributed by atoms with Gasteiger partial charge in [-0.2, -0.15) is 0 Å².